The molecule has 1 aliphatic heterocycles. The third kappa shape index (κ3) is 7.62. The number of nitrogens with zero attached hydrogens (tertiary/aromatic N) is 3. The topological polar surface area (TPSA) is 123 Å². The second-order valence-electron chi connectivity index (χ2n) is 10.7. The molecule has 0 spiro atoms. The van der Waals surface area contributed by atoms with Gasteiger partial charge in [0, 0.05) is 37.0 Å². The van der Waals surface area contributed by atoms with Crippen molar-refractivity contribution in [2.75, 3.05) is 30.0 Å². The molecule has 2 N–H and O–H groups in total. The van der Waals surface area contributed by atoms with E-state index in [1.165, 1.54) is 6.20 Å². The zero-order valence-electron chi connectivity index (χ0n) is 23.4. The Balaban J connectivity index is 1.49. The maximum absolute atomic E-state index is 13.5. The van der Waals surface area contributed by atoms with Crippen LogP contribution in [0.4, 0.5) is 16.3 Å². The number of allylic oxidation sites excluding steroid dienone is 1. The number of hydrogen-bond acceptors (Lipinski definition) is 8. The van der Waals surface area contributed by atoms with Crippen LogP contribution in [0.1, 0.15) is 49.7 Å². The van der Waals surface area contributed by atoms with Crippen LogP contribution in [0.3, 0.4) is 0 Å². The molecule has 2 atom stereocenters. The molecule has 40 heavy (non-hydrogen) atoms. The van der Waals surface area contributed by atoms with Gasteiger partial charge in [0.2, 0.25) is 0 Å². The summed E-state index contributed by atoms with van der Waals surface area (Å²) in [6.07, 6.45) is 9.38. The number of carbonyl (C=O) groups is 3. The van der Waals surface area contributed by atoms with E-state index in [0.717, 1.165) is 5.56 Å². The van der Waals surface area contributed by atoms with Gasteiger partial charge >= 0.3 is 6.09 Å². The fraction of sp³-hybridized carbons (Fsp3) is 0.414. The number of nitrogens with one attached hydrogen (secondary N) is 2. The summed E-state index contributed by atoms with van der Waals surface area (Å²) in [6, 6.07) is 6.81. The van der Waals surface area contributed by atoms with Crippen LogP contribution in [-0.4, -0.2) is 69.1 Å². The molecule has 0 saturated carbocycles. The molecule has 11 heteroatoms. The smallest absolute Gasteiger partial charge is 0.410 e. The number of ether oxygens (including phenoxy) is 2. The van der Waals surface area contributed by atoms with Gasteiger partial charge < -0.3 is 25.0 Å². The molecule has 10 nitrogen and oxygen atoms in total. The third-order valence-electron chi connectivity index (χ3n) is 6.24. The maximum Gasteiger partial charge on any atom is 0.410 e. The van der Waals surface area contributed by atoms with Gasteiger partial charge in [-0.15, -0.1) is 0 Å². The van der Waals surface area contributed by atoms with Gasteiger partial charge in [0.05, 0.1) is 17.8 Å². The van der Waals surface area contributed by atoms with E-state index in [1.54, 1.807) is 47.1 Å². The summed E-state index contributed by atoms with van der Waals surface area (Å²) < 4.78 is 11.8. The molecule has 1 aliphatic carbocycles. The largest absolute Gasteiger partial charge is 0.492 e. The molecule has 0 bridgehead atoms. The molecule has 212 valence electrons. The number of amides is 3. The summed E-state index contributed by atoms with van der Waals surface area (Å²) in [5, 5.41) is 5.70. The summed E-state index contributed by atoms with van der Waals surface area (Å²) >= 11 is 1.66. The summed E-state index contributed by atoms with van der Waals surface area (Å²) in [5.41, 5.74) is 1.08. The first-order valence-electron chi connectivity index (χ1n) is 13.1. The summed E-state index contributed by atoms with van der Waals surface area (Å²) in [4.78, 5) is 49.0. The highest BCUT2D eigenvalue weighted by Crippen LogP contribution is 2.31. The van der Waals surface area contributed by atoms with E-state index in [2.05, 4.69) is 20.6 Å². The van der Waals surface area contributed by atoms with Gasteiger partial charge in [0.25, 0.3) is 11.8 Å². The fourth-order valence-electron chi connectivity index (χ4n) is 4.24. The predicted octanol–water partition coefficient (Wildman–Crippen LogP) is 4.95. The molecule has 3 amide bonds. The van der Waals surface area contributed by atoms with E-state index >= 15 is 0 Å². The Hall–Kier alpha value is -3.86. The Morgan fingerprint density at radius 2 is 1.90 bits per heavy atom. The van der Waals surface area contributed by atoms with Crippen molar-refractivity contribution in [2.45, 2.75) is 57.5 Å². The van der Waals surface area contributed by atoms with Gasteiger partial charge in [-0.3, -0.25) is 9.59 Å². The average Bonchev–Trinajstić information content (AvgIpc) is 3.38. The van der Waals surface area contributed by atoms with E-state index in [0.29, 0.717) is 43.1 Å². The lowest BCUT2D eigenvalue weighted by atomic mass is 10.0. The normalized spacial score (nSPS) is 18.9. The molecule has 0 radical (unpaired) electrons. The second kappa shape index (κ2) is 12.5. The van der Waals surface area contributed by atoms with Crippen molar-refractivity contribution in [2.24, 2.45) is 0 Å². The third-order valence-corrected chi connectivity index (χ3v) is 7.17. The maximum atomic E-state index is 13.5. The molecule has 1 unspecified atom stereocenters. The fourth-order valence-corrected chi connectivity index (χ4v) is 4.80. The predicted molar refractivity (Wildman–Crippen MR) is 155 cm³/mol. The van der Waals surface area contributed by atoms with Crippen LogP contribution in [-0.2, 0) is 14.3 Å². The minimum atomic E-state index is -0.581. The lowest BCUT2D eigenvalue weighted by Gasteiger charge is -2.26. The van der Waals surface area contributed by atoms with Crippen molar-refractivity contribution in [3.05, 3.63) is 71.4 Å². The van der Waals surface area contributed by atoms with Crippen molar-refractivity contribution in [3.63, 3.8) is 0 Å². The molecule has 0 aromatic carbocycles. The Bertz CT molecular complexity index is 1320. The van der Waals surface area contributed by atoms with E-state index in [1.807, 2.05) is 46.1 Å². The van der Waals surface area contributed by atoms with Gasteiger partial charge in [0.1, 0.15) is 23.3 Å². The zero-order chi connectivity index (χ0) is 28.9. The quantitative estimate of drug-likeness (QED) is 0.484. The van der Waals surface area contributed by atoms with Crippen LogP contribution < -0.4 is 10.6 Å². The highest BCUT2D eigenvalue weighted by molar-refractivity contribution is 7.99. The van der Waals surface area contributed by atoms with Crippen molar-refractivity contribution < 1.29 is 23.9 Å². The molecule has 2 aromatic heterocycles. The number of pyridine rings is 2. The Morgan fingerprint density at radius 1 is 1.10 bits per heavy atom. The second-order valence-corrected chi connectivity index (χ2v) is 11.7. The number of rotatable bonds is 7. The van der Waals surface area contributed by atoms with E-state index in [9.17, 15) is 14.4 Å². The first-order chi connectivity index (χ1) is 19.0. The highest BCUT2D eigenvalue weighted by Gasteiger charge is 2.33. The number of thioether (sulfide) groups is 1. The van der Waals surface area contributed by atoms with Crippen molar-refractivity contribution in [3.8, 4) is 0 Å². The number of aryl methyl sites for hydroxylation is 1. The minimum Gasteiger partial charge on any atom is -0.492 e. The van der Waals surface area contributed by atoms with Crippen LogP contribution in [0.5, 0.6) is 0 Å². The molecule has 1 fully saturated rings. The Labute approximate surface area is 238 Å². The number of aromatic nitrogens is 2. The summed E-state index contributed by atoms with van der Waals surface area (Å²) in [7, 11) is 0. The number of hydrogen-bond donors (Lipinski definition) is 2. The van der Waals surface area contributed by atoms with Crippen LogP contribution in [0, 0.1) is 6.92 Å². The van der Waals surface area contributed by atoms with Crippen LogP contribution in [0.2, 0.25) is 0 Å². The van der Waals surface area contributed by atoms with Crippen LogP contribution in [0.25, 0.3) is 0 Å². The SMILES string of the molecule is CSC1C=CC(C(=O)Nc2cccnc2C(=O)Nc2ccc(C)cn2)=C(O[C@@H]2CCN(C(=O)OC(C)(C)C)C2)C1. The van der Waals surface area contributed by atoms with Gasteiger partial charge in [-0.25, -0.2) is 14.8 Å². The molecule has 4 rings (SSSR count). The van der Waals surface area contributed by atoms with E-state index in [-0.39, 0.29) is 28.8 Å². The average molecular weight is 566 g/mol. The summed E-state index contributed by atoms with van der Waals surface area (Å²) in [5.74, 6) is 0.0252. The molecule has 2 aliphatic rings. The first-order valence-corrected chi connectivity index (χ1v) is 14.4. The monoisotopic (exact) mass is 565 g/mol. The number of carbonyl (C=O) groups excluding carboxylic acids is 3. The van der Waals surface area contributed by atoms with Gasteiger partial charge in [0.15, 0.2) is 5.69 Å². The first kappa shape index (κ1) is 29.1. The van der Waals surface area contributed by atoms with Crippen molar-refractivity contribution >= 4 is 41.2 Å². The number of anilines is 2. The van der Waals surface area contributed by atoms with Crippen LogP contribution >= 0.6 is 11.8 Å². The molecular formula is C29H35N5O5S. The number of likely N-dealkylation sites (tertiary alicyclic amines) is 1. The van der Waals surface area contributed by atoms with Gasteiger partial charge in [-0.1, -0.05) is 12.1 Å². The molecule has 3 heterocycles. The minimum absolute atomic E-state index is 0.0619. The van der Waals surface area contributed by atoms with E-state index < -0.39 is 17.4 Å². The highest BCUT2D eigenvalue weighted by atomic mass is 32.2. The Morgan fingerprint density at radius 3 is 2.60 bits per heavy atom. The lowest BCUT2D eigenvalue weighted by Crippen LogP contribution is -2.36. The van der Waals surface area contributed by atoms with Gasteiger partial charge in [-0.05, 0) is 63.8 Å². The van der Waals surface area contributed by atoms with Gasteiger partial charge in [-0.2, -0.15) is 11.8 Å². The molecular weight excluding hydrogens is 530 g/mol. The lowest BCUT2D eigenvalue weighted by molar-refractivity contribution is -0.112. The molecule has 2 aromatic rings. The standard InChI is InChI=1S/C29H35N5O5S/c1-18-8-11-24(31-16-18)33-27(36)25-22(7-6-13-30-25)32-26(35)21-10-9-20(40-5)15-23(21)38-19-12-14-34(17-19)28(37)39-29(2,3)4/h6-11,13,16,19-20H,12,14-15,17H2,1-5H3,(H,32,35)(H,31,33,36)/t19-,20?/m1/s1. The Kier molecular flexibility index (Phi) is 9.14. The van der Waals surface area contributed by atoms with Crippen molar-refractivity contribution in [1.29, 1.82) is 0 Å². The molecule has 1 saturated heterocycles. The van der Waals surface area contributed by atoms with E-state index in [4.69, 9.17) is 9.47 Å². The van der Waals surface area contributed by atoms with Crippen LogP contribution in [0.15, 0.2) is 60.1 Å². The summed E-state index contributed by atoms with van der Waals surface area (Å²) in [6.45, 7) is 8.29. The van der Waals surface area contributed by atoms with Crippen molar-refractivity contribution in [1.82, 2.24) is 14.9 Å². The zero-order valence-corrected chi connectivity index (χ0v) is 24.2.